The Labute approximate surface area is 226 Å². The molecule has 0 radical (unpaired) electrons. The maximum absolute atomic E-state index is 13.6. The molecule has 0 unspecified atom stereocenters. The summed E-state index contributed by atoms with van der Waals surface area (Å²) in [7, 11) is 3.55. The van der Waals surface area contributed by atoms with Crippen LogP contribution >= 0.6 is 45.3 Å². The molecule has 0 fully saturated rings. The van der Waals surface area contributed by atoms with Crippen LogP contribution in [0.15, 0.2) is 47.5 Å². The van der Waals surface area contributed by atoms with Crippen molar-refractivity contribution >= 4 is 68.6 Å². The molecule has 2 aliphatic rings. The van der Waals surface area contributed by atoms with Crippen molar-refractivity contribution in [3.8, 4) is 19.5 Å². The fourth-order valence-electron chi connectivity index (χ4n) is 5.05. The first-order chi connectivity index (χ1) is 17.2. The van der Waals surface area contributed by atoms with Crippen LogP contribution in [-0.4, -0.2) is 35.7 Å². The molecule has 36 heavy (non-hydrogen) atoms. The molecular weight excluding hydrogens is 525 g/mol. The van der Waals surface area contributed by atoms with E-state index in [-0.39, 0.29) is 11.8 Å². The molecule has 2 amide bonds. The number of aryl methyl sites for hydroxylation is 4. The van der Waals surface area contributed by atoms with Crippen molar-refractivity contribution in [3.63, 3.8) is 0 Å². The summed E-state index contributed by atoms with van der Waals surface area (Å²) in [6.45, 7) is 8.49. The third-order valence-electron chi connectivity index (χ3n) is 6.64. The predicted molar refractivity (Wildman–Crippen MR) is 154 cm³/mol. The Kier molecular flexibility index (Phi) is 5.50. The molecule has 0 aliphatic carbocycles. The van der Waals surface area contributed by atoms with Gasteiger partial charge in [-0.15, -0.1) is 45.3 Å². The molecule has 6 heterocycles. The van der Waals surface area contributed by atoms with E-state index in [0.29, 0.717) is 22.5 Å². The molecule has 6 rings (SSSR count). The van der Waals surface area contributed by atoms with Gasteiger partial charge in [-0.3, -0.25) is 9.59 Å². The highest BCUT2D eigenvalue weighted by Gasteiger charge is 2.47. The summed E-state index contributed by atoms with van der Waals surface area (Å²) in [4.78, 5) is 39.7. The Morgan fingerprint density at radius 1 is 0.556 bits per heavy atom. The monoisotopic (exact) mass is 548 g/mol. The number of hydrogen-bond donors (Lipinski definition) is 0. The van der Waals surface area contributed by atoms with Gasteiger partial charge in [0.15, 0.2) is 0 Å². The number of rotatable bonds is 4. The molecule has 8 heteroatoms. The highest BCUT2D eigenvalue weighted by atomic mass is 32.1. The van der Waals surface area contributed by atoms with E-state index in [2.05, 4.69) is 52.0 Å². The number of amides is 2. The number of carbonyl (C=O) groups is 2. The zero-order chi connectivity index (χ0) is 25.5. The standard InChI is InChI=1S/C28H24N2O2S4/c1-13-11-15(3)33-25(13)19-9-7-17(35-19)23-21-22(28(32)29(23)5)24(30(6)27(21)31)18-8-10-20(36-18)26-14(2)12-16(4)34-26/h7-12H,1-6H3. The first-order valence-electron chi connectivity index (χ1n) is 11.6. The van der Waals surface area contributed by atoms with Gasteiger partial charge in [-0.25, -0.2) is 0 Å². The SMILES string of the molecule is Cc1cc(C)c(-c2ccc(C3=C4C(=O)N(C)C(c5ccc(-c6sc(C)cc6C)s5)=C4C(=O)N3C)s2)s1. The van der Waals surface area contributed by atoms with Gasteiger partial charge in [0.1, 0.15) is 0 Å². The smallest absolute Gasteiger partial charge is 0.261 e. The van der Waals surface area contributed by atoms with Gasteiger partial charge in [-0.1, -0.05) is 0 Å². The second-order valence-corrected chi connectivity index (χ2v) is 13.9. The average Bonchev–Trinajstić information content (AvgIpc) is 3.65. The molecule has 0 bridgehead atoms. The number of carbonyl (C=O) groups excluding carboxylic acids is 2. The highest BCUT2D eigenvalue weighted by molar-refractivity contribution is 7.23. The summed E-state index contributed by atoms with van der Waals surface area (Å²) in [5.41, 5.74) is 4.97. The van der Waals surface area contributed by atoms with Crippen molar-refractivity contribution in [1.29, 1.82) is 0 Å². The minimum atomic E-state index is -0.121. The van der Waals surface area contributed by atoms with Crippen molar-refractivity contribution in [2.24, 2.45) is 0 Å². The van der Waals surface area contributed by atoms with Gasteiger partial charge in [0.25, 0.3) is 11.8 Å². The summed E-state index contributed by atoms with van der Waals surface area (Å²) >= 11 is 6.84. The van der Waals surface area contributed by atoms with Gasteiger partial charge in [-0.05, 0) is 75.2 Å². The molecule has 4 nitrogen and oxygen atoms in total. The third-order valence-corrected chi connectivity index (χ3v) is 11.5. The summed E-state index contributed by atoms with van der Waals surface area (Å²) in [6, 6.07) is 12.7. The van der Waals surface area contributed by atoms with E-state index in [1.54, 1.807) is 69.2 Å². The molecule has 0 saturated carbocycles. The van der Waals surface area contributed by atoms with Crippen LogP contribution in [0.2, 0.25) is 0 Å². The van der Waals surface area contributed by atoms with Gasteiger partial charge in [-0.2, -0.15) is 0 Å². The first-order valence-corrected chi connectivity index (χ1v) is 14.8. The second-order valence-electron chi connectivity index (χ2n) is 9.24. The Balaban J connectivity index is 1.47. The number of nitrogens with zero attached hydrogens (tertiary/aromatic N) is 2. The normalized spacial score (nSPS) is 15.8. The predicted octanol–water partition coefficient (Wildman–Crippen LogP) is 7.57. The minimum absolute atomic E-state index is 0.121. The van der Waals surface area contributed by atoms with Crippen LogP contribution in [0.1, 0.15) is 30.6 Å². The van der Waals surface area contributed by atoms with Crippen LogP contribution < -0.4 is 0 Å². The lowest BCUT2D eigenvalue weighted by molar-refractivity contribution is -0.123. The van der Waals surface area contributed by atoms with Crippen LogP contribution in [0.5, 0.6) is 0 Å². The Bertz CT molecular complexity index is 1530. The Hall–Kier alpha value is -2.78. The van der Waals surface area contributed by atoms with Gasteiger partial charge in [0.2, 0.25) is 0 Å². The van der Waals surface area contributed by atoms with E-state index in [0.717, 1.165) is 19.5 Å². The minimum Gasteiger partial charge on any atom is -0.309 e. The molecular formula is C28H24N2O2S4. The van der Waals surface area contributed by atoms with Gasteiger partial charge in [0, 0.05) is 43.4 Å². The largest absolute Gasteiger partial charge is 0.309 e. The highest BCUT2D eigenvalue weighted by Crippen LogP contribution is 2.49. The maximum atomic E-state index is 13.6. The number of thiophene rings is 4. The summed E-state index contributed by atoms with van der Waals surface area (Å²) < 4.78 is 0. The van der Waals surface area contributed by atoms with Crippen LogP contribution in [0.3, 0.4) is 0 Å². The summed E-state index contributed by atoms with van der Waals surface area (Å²) in [6.07, 6.45) is 0. The topological polar surface area (TPSA) is 40.6 Å². The molecule has 0 aromatic carbocycles. The van der Waals surface area contributed by atoms with Crippen LogP contribution in [-0.2, 0) is 9.59 Å². The molecule has 182 valence electrons. The zero-order valence-corrected chi connectivity index (χ0v) is 24.1. The third kappa shape index (κ3) is 3.43. The van der Waals surface area contributed by atoms with E-state index < -0.39 is 0 Å². The van der Waals surface area contributed by atoms with Gasteiger partial charge < -0.3 is 9.80 Å². The number of likely N-dealkylation sites (N-methyl/N-ethyl adjacent to an activating group) is 2. The van der Waals surface area contributed by atoms with E-state index in [1.807, 2.05) is 12.1 Å². The van der Waals surface area contributed by atoms with Crippen molar-refractivity contribution < 1.29 is 9.59 Å². The first kappa shape index (κ1) is 23.6. The number of fused-ring (bicyclic) bond motifs is 1. The van der Waals surface area contributed by atoms with E-state index >= 15 is 0 Å². The summed E-state index contributed by atoms with van der Waals surface area (Å²) in [5.74, 6) is -0.243. The van der Waals surface area contributed by atoms with Crippen molar-refractivity contribution in [2.75, 3.05) is 14.1 Å². The quantitative estimate of drug-likeness (QED) is 0.264. The molecule has 4 aromatic rings. The molecule has 2 aliphatic heterocycles. The summed E-state index contributed by atoms with van der Waals surface area (Å²) in [5, 5.41) is 0. The molecule has 0 spiro atoms. The fraction of sp³-hybridized carbons (Fsp3) is 0.214. The fourth-order valence-corrected chi connectivity index (χ4v) is 9.64. The number of hydrogen-bond acceptors (Lipinski definition) is 6. The van der Waals surface area contributed by atoms with Crippen molar-refractivity contribution in [1.82, 2.24) is 9.80 Å². The van der Waals surface area contributed by atoms with E-state index in [9.17, 15) is 9.59 Å². The zero-order valence-electron chi connectivity index (χ0n) is 20.8. The molecule has 0 saturated heterocycles. The van der Waals surface area contributed by atoms with Crippen LogP contribution in [0.25, 0.3) is 30.9 Å². The van der Waals surface area contributed by atoms with Crippen molar-refractivity contribution in [2.45, 2.75) is 27.7 Å². The second kappa shape index (κ2) is 8.38. The van der Waals surface area contributed by atoms with Crippen LogP contribution in [0, 0.1) is 27.7 Å². The van der Waals surface area contributed by atoms with Gasteiger partial charge in [0.05, 0.1) is 32.3 Å². The Morgan fingerprint density at radius 3 is 1.25 bits per heavy atom. The average molecular weight is 549 g/mol. The van der Waals surface area contributed by atoms with E-state index in [4.69, 9.17) is 0 Å². The lowest BCUT2D eigenvalue weighted by Gasteiger charge is -2.18. The van der Waals surface area contributed by atoms with Gasteiger partial charge >= 0.3 is 0 Å². The Morgan fingerprint density at radius 2 is 0.917 bits per heavy atom. The van der Waals surface area contributed by atoms with Crippen LogP contribution in [0.4, 0.5) is 0 Å². The molecule has 0 atom stereocenters. The lowest BCUT2D eigenvalue weighted by Crippen LogP contribution is -2.24. The molecule has 4 aromatic heterocycles. The van der Waals surface area contributed by atoms with Crippen molar-refractivity contribution in [3.05, 3.63) is 78.2 Å². The lowest BCUT2D eigenvalue weighted by atomic mass is 10.1. The van der Waals surface area contributed by atoms with E-state index in [1.165, 1.54) is 30.6 Å². The maximum Gasteiger partial charge on any atom is 0.261 e. The molecule has 0 N–H and O–H groups in total.